The third kappa shape index (κ3) is 2.75. The van der Waals surface area contributed by atoms with Gasteiger partial charge < -0.3 is 9.88 Å². The molecule has 2 heterocycles. The zero-order valence-electron chi connectivity index (χ0n) is 12.2. The maximum atomic E-state index is 4.67. The zero-order chi connectivity index (χ0) is 14.0. The maximum absolute atomic E-state index is 4.67. The van der Waals surface area contributed by atoms with Gasteiger partial charge in [0.2, 0.25) is 0 Å². The van der Waals surface area contributed by atoms with Crippen molar-refractivity contribution in [3.8, 4) is 11.5 Å². The summed E-state index contributed by atoms with van der Waals surface area (Å²) in [5.41, 5.74) is 0.766. The topological polar surface area (TPSA) is 55.6 Å². The van der Waals surface area contributed by atoms with Crippen LogP contribution in [-0.4, -0.2) is 26.6 Å². The first-order valence-corrected chi connectivity index (χ1v) is 6.54. The van der Waals surface area contributed by atoms with Crippen molar-refractivity contribution in [3.63, 3.8) is 0 Å². The van der Waals surface area contributed by atoms with E-state index in [0.717, 1.165) is 29.7 Å². The number of aromatic nitrogens is 4. The Morgan fingerprint density at radius 1 is 1.26 bits per heavy atom. The molecular formula is C14H21N5. The molecule has 2 rings (SSSR count). The van der Waals surface area contributed by atoms with E-state index in [1.807, 2.05) is 19.3 Å². The second kappa shape index (κ2) is 4.99. The number of hydrogen-bond donors (Lipinski definition) is 1. The fourth-order valence-electron chi connectivity index (χ4n) is 1.82. The summed E-state index contributed by atoms with van der Waals surface area (Å²) < 4.78 is 2.08. The first kappa shape index (κ1) is 13.5. The van der Waals surface area contributed by atoms with Gasteiger partial charge in [0, 0.05) is 37.5 Å². The second-order valence-corrected chi connectivity index (χ2v) is 5.50. The van der Waals surface area contributed by atoms with Crippen molar-refractivity contribution in [1.29, 1.82) is 0 Å². The average Bonchev–Trinajstić information content (AvgIpc) is 2.85. The van der Waals surface area contributed by atoms with Crippen molar-refractivity contribution >= 4 is 5.82 Å². The van der Waals surface area contributed by atoms with Gasteiger partial charge in [0.1, 0.15) is 17.3 Å². The minimum absolute atomic E-state index is 0.0920. The molecule has 0 aromatic carbocycles. The second-order valence-electron chi connectivity index (χ2n) is 5.50. The first-order valence-electron chi connectivity index (χ1n) is 6.54. The van der Waals surface area contributed by atoms with Crippen LogP contribution in [0.1, 0.15) is 33.5 Å². The van der Waals surface area contributed by atoms with Crippen molar-refractivity contribution in [2.75, 3.05) is 12.4 Å². The molecule has 2 aromatic rings. The lowest BCUT2D eigenvalue weighted by atomic mass is 9.95. The van der Waals surface area contributed by atoms with Crippen LogP contribution in [-0.2, 0) is 12.0 Å². The number of anilines is 1. The van der Waals surface area contributed by atoms with Crippen LogP contribution in [0.3, 0.4) is 0 Å². The van der Waals surface area contributed by atoms with Gasteiger partial charge in [-0.2, -0.15) is 0 Å². The fourth-order valence-corrected chi connectivity index (χ4v) is 1.82. The van der Waals surface area contributed by atoms with Crippen LogP contribution >= 0.6 is 0 Å². The Hall–Kier alpha value is -1.91. The first-order chi connectivity index (χ1) is 8.95. The highest BCUT2D eigenvalue weighted by molar-refractivity contribution is 5.56. The number of aryl methyl sites for hydroxylation is 1. The van der Waals surface area contributed by atoms with E-state index < -0.39 is 0 Å². The highest BCUT2D eigenvalue weighted by Crippen LogP contribution is 2.24. The fraction of sp³-hybridized carbons (Fsp3) is 0.500. The van der Waals surface area contributed by atoms with E-state index in [1.54, 1.807) is 6.20 Å². The van der Waals surface area contributed by atoms with Crippen molar-refractivity contribution in [3.05, 3.63) is 24.3 Å². The molecule has 0 aliphatic rings. The summed E-state index contributed by atoms with van der Waals surface area (Å²) in [5, 5.41) is 3.09. The molecule has 2 aromatic heterocycles. The number of rotatable bonds is 3. The standard InChI is InChI=1S/C14H21N5/c1-6-19-8-7-16-12(19)10-9-11(15-5)18-13(17-10)14(2,3)4/h7-9H,6H2,1-5H3,(H,15,17,18). The van der Waals surface area contributed by atoms with Gasteiger partial charge >= 0.3 is 0 Å². The third-order valence-electron chi connectivity index (χ3n) is 2.94. The molecule has 0 atom stereocenters. The molecule has 0 radical (unpaired) electrons. The molecule has 0 saturated heterocycles. The summed E-state index contributed by atoms with van der Waals surface area (Å²) >= 11 is 0. The Labute approximate surface area is 114 Å². The van der Waals surface area contributed by atoms with E-state index in [4.69, 9.17) is 0 Å². The summed E-state index contributed by atoms with van der Waals surface area (Å²) in [7, 11) is 1.87. The number of nitrogens with zero attached hydrogens (tertiary/aromatic N) is 4. The lowest BCUT2D eigenvalue weighted by molar-refractivity contribution is 0.546. The zero-order valence-corrected chi connectivity index (χ0v) is 12.2. The van der Waals surface area contributed by atoms with Crippen LogP contribution in [0.2, 0.25) is 0 Å². The Balaban J connectivity index is 2.57. The Bertz CT molecular complexity index is 565. The lowest BCUT2D eigenvalue weighted by Crippen LogP contribution is -2.17. The van der Waals surface area contributed by atoms with Crippen LogP contribution in [0.5, 0.6) is 0 Å². The van der Waals surface area contributed by atoms with Crippen molar-refractivity contribution in [2.45, 2.75) is 39.7 Å². The predicted octanol–water partition coefficient (Wildman–Crippen LogP) is 2.70. The highest BCUT2D eigenvalue weighted by Gasteiger charge is 2.20. The number of nitrogens with one attached hydrogen (secondary N) is 1. The van der Waals surface area contributed by atoms with E-state index in [0.29, 0.717) is 0 Å². The minimum Gasteiger partial charge on any atom is -0.373 e. The maximum Gasteiger partial charge on any atom is 0.158 e. The Kier molecular flexibility index (Phi) is 3.55. The van der Waals surface area contributed by atoms with E-state index >= 15 is 0 Å². The Morgan fingerprint density at radius 3 is 2.58 bits per heavy atom. The SMILES string of the molecule is CCn1ccnc1-c1cc(NC)nc(C(C)(C)C)n1. The summed E-state index contributed by atoms with van der Waals surface area (Å²) in [6.45, 7) is 9.29. The molecule has 0 bridgehead atoms. The van der Waals surface area contributed by atoms with Crippen molar-refractivity contribution < 1.29 is 0 Å². The van der Waals surface area contributed by atoms with Crippen molar-refractivity contribution in [1.82, 2.24) is 19.5 Å². The smallest absolute Gasteiger partial charge is 0.158 e. The van der Waals surface area contributed by atoms with Gasteiger partial charge in [0.05, 0.1) is 0 Å². The van der Waals surface area contributed by atoms with Crippen LogP contribution in [0.25, 0.3) is 11.5 Å². The molecule has 0 amide bonds. The van der Waals surface area contributed by atoms with Crippen molar-refractivity contribution in [2.24, 2.45) is 0 Å². The van der Waals surface area contributed by atoms with E-state index in [1.165, 1.54) is 0 Å². The molecule has 19 heavy (non-hydrogen) atoms. The monoisotopic (exact) mass is 259 g/mol. The summed E-state index contributed by atoms with van der Waals surface area (Å²) in [5.74, 6) is 2.52. The molecule has 0 aliphatic carbocycles. The molecule has 102 valence electrons. The molecule has 0 unspecified atom stereocenters. The molecule has 0 fully saturated rings. The van der Waals surface area contributed by atoms with Gasteiger partial charge in [-0.1, -0.05) is 20.8 Å². The van der Waals surface area contributed by atoms with Gasteiger partial charge in [-0.3, -0.25) is 0 Å². The molecule has 0 saturated carbocycles. The van der Waals surface area contributed by atoms with E-state index in [9.17, 15) is 0 Å². The highest BCUT2D eigenvalue weighted by atomic mass is 15.1. The summed E-state index contributed by atoms with van der Waals surface area (Å²) in [6.07, 6.45) is 3.77. The normalized spacial score (nSPS) is 11.6. The number of hydrogen-bond acceptors (Lipinski definition) is 4. The third-order valence-corrected chi connectivity index (χ3v) is 2.94. The molecule has 5 heteroatoms. The molecule has 5 nitrogen and oxygen atoms in total. The lowest BCUT2D eigenvalue weighted by Gasteiger charge is -2.18. The molecule has 0 spiro atoms. The van der Waals surface area contributed by atoms with Crippen LogP contribution < -0.4 is 5.32 Å². The Morgan fingerprint density at radius 2 is 2.00 bits per heavy atom. The van der Waals surface area contributed by atoms with Crippen LogP contribution in [0.4, 0.5) is 5.82 Å². The minimum atomic E-state index is -0.0920. The largest absolute Gasteiger partial charge is 0.373 e. The van der Waals surface area contributed by atoms with Gasteiger partial charge in [-0.15, -0.1) is 0 Å². The van der Waals surface area contributed by atoms with Gasteiger partial charge in [-0.25, -0.2) is 15.0 Å². The van der Waals surface area contributed by atoms with Crippen LogP contribution in [0, 0.1) is 0 Å². The number of imidazole rings is 1. The summed E-state index contributed by atoms with van der Waals surface area (Å²) in [4.78, 5) is 13.6. The predicted molar refractivity (Wildman–Crippen MR) is 77.2 cm³/mol. The van der Waals surface area contributed by atoms with Gasteiger partial charge in [-0.05, 0) is 6.92 Å². The molecule has 1 N–H and O–H groups in total. The molecule has 0 aliphatic heterocycles. The van der Waals surface area contributed by atoms with Gasteiger partial charge in [0.25, 0.3) is 0 Å². The average molecular weight is 259 g/mol. The van der Waals surface area contributed by atoms with E-state index in [2.05, 4.69) is 52.5 Å². The molecular weight excluding hydrogens is 238 g/mol. The van der Waals surface area contributed by atoms with E-state index in [-0.39, 0.29) is 5.41 Å². The summed E-state index contributed by atoms with van der Waals surface area (Å²) in [6, 6.07) is 1.93. The van der Waals surface area contributed by atoms with Gasteiger partial charge in [0.15, 0.2) is 5.82 Å². The van der Waals surface area contributed by atoms with Crippen LogP contribution in [0.15, 0.2) is 18.5 Å². The quantitative estimate of drug-likeness (QED) is 0.920.